The van der Waals surface area contributed by atoms with Crippen LogP contribution in [0.1, 0.15) is 34.6 Å². The summed E-state index contributed by atoms with van der Waals surface area (Å²) in [7, 11) is -5.71. The van der Waals surface area contributed by atoms with Gasteiger partial charge in [0.1, 0.15) is 0 Å². The predicted molar refractivity (Wildman–Crippen MR) is 110 cm³/mol. The van der Waals surface area contributed by atoms with E-state index in [1.807, 2.05) is 30.3 Å². The Kier molecular flexibility index (Phi) is 18.3. The van der Waals surface area contributed by atoms with Gasteiger partial charge in [-0.05, 0) is 49.6 Å². The summed E-state index contributed by atoms with van der Waals surface area (Å²) in [5, 5.41) is 0. The van der Waals surface area contributed by atoms with E-state index in [9.17, 15) is 13.2 Å². The molecule has 1 aromatic rings. The Hall–Kier alpha value is -0.000649. The Morgan fingerprint density at radius 3 is 1.07 bits per heavy atom. The molecule has 1 fully saturated rings. The van der Waals surface area contributed by atoms with Crippen LogP contribution in [0.3, 0.4) is 0 Å². The first kappa shape index (κ1) is 33.6. The topological polar surface area (TPSA) is 57.2 Å². The van der Waals surface area contributed by atoms with Gasteiger partial charge in [-0.25, -0.2) is 8.42 Å². The summed E-state index contributed by atoms with van der Waals surface area (Å²) in [5.41, 5.74) is -5.65. The Morgan fingerprint density at radius 2 is 1.00 bits per heavy atom. The van der Waals surface area contributed by atoms with Crippen LogP contribution in [0.15, 0.2) is 30.3 Å². The number of hydrogen-bond donors (Lipinski definition) is 0. The first-order chi connectivity index (χ1) is 12.5. The van der Waals surface area contributed by atoms with E-state index in [1.165, 1.54) is 29.6 Å². The van der Waals surface area contributed by atoms with Crippen LogP contribution in [0.4, 0.5) is 13.2 Å². The molecule has 1 aliphatic rings. The van der Waals surface area contributed by atoms with Crippen LogP contribution in [-0.2, 0) is 30.2 Å². The molecule has 0 saturated heterocycles. The van der Waals surface area contributed by atoms with Crippen LogP contribution in [0, 0.1) is 35.7 Å². The third kappa shape index (κ3) is 15.5. The van der Waals surface area contributed by atoms with Crippen molar-refractivity contribution in [3.05, 3.63) is 66.0 Å². The van der Waals surface area contributed by atoms with Crippen molar-refractivity contribution in [1.29, 1.82) is 0 Å². The quantitative estimate of drug-likeness (QED) is 0.156. The molecular weight excluding hydrogens is 600 g/mol. The molecule has 1 aromatic carbocycles. The summed E-state index contributed by atoms with van der Waals surface area (Å²) in [6.45, 7) is 17.7. The summed E-state index contributed by atoms with van der Waals surface area (Å²) in [5.74, 6) is 7.34. The number of rotatable bonds is 0. The molecule has 167 valence electrons. The predicted octanol–water partition coefficient (Wildman–Crippen LogP) is 5.87. The van der Waals surface area contributed by atoms with Gasteiger partial charge in [0.25, 0.3) is 0 Å². The molecule has 0 aliphatic heterocycles. The van der Waals surface area contributed by atoms with Gasteiger partial charge in [0.2, 0.25) is 0 Å². The average Bonchev–Trinajstić information content (AvgIpc) is 2.73. The van der Waals surface area contributed by atoms with E-state index >= 15 is 0 Å². The SMILES string of the molecule is CP(C)C.C[C]1[C](C)[C](C)[C](C)[C]1C.O=S(=O)([O-])C(F)(F)F.[Ir+3].[c-]1ccccc1. The molecule has 1 aliphatic carbocycles. The molecule has 0 atom stereocenters. The Balaban J connectivity index is -0.000000323. The molecule has 0 spiro atoms. The molecular formula is C20H29F3IrO3PS+. The third-order valence-electron chi connectivity index (χ3n) is 3.70. The second-order valence-corrected chi connectivity index (χ2v) is 10.5. The number of benzene rings is 1. The zero-order valence-electron chi connectivity index (χ0n) is 17.9. The monoisotopic (exact) mass is 630 g/mol. The van der Waals surface area contributed by atoms with E-state index in [1.54, 1.807) is 0 Å². The Labute approximate surface area is 190 Å². The molecule has 0 bridgehead atoms. The van der Waals surface area contributed by atoms with Crippen LogP contribution < -0.4 is 0 Å². The van der Waals surface area contributed by atoms with Crippen molar-refractivity contribution < 1.29 is 46.2 Å². The van der Waals surface area contributed by atoms with Crippen molar-refractivity contribution in [2.75, 3.05) is 20.0 Å². The van der Waals surface area contributed by atoms with Gasteiger partial charge in [0.15, 0.2) is 10.1 Å². The van der Waals surface area contributed by atoms with Crippen LogP contribution in [0.2, 0.25) is 0 Å². The van der Waals surface area contributed by atoms with Crippen molar-refractivity contribution in [3.63, 3.8) is 0 Å². The van der Waals surface area contributed by atoms with Crippen molar-refractivity contribution in [3.8, 4) is 0 Å². The number of hydrogen-bond acceptors (Lipinski definition) is 3. The molecule has 9 heteroatoms. The fourth-order valence-corrected chi connectivity index (χ4v) is 1.75. The van der Waals surface area contributed by atoms with Crippen molar-refractivity contribution in [1.82, 2.24) is 0 Å². The second-order valence-electron chi connectivity index (χ2n) is 6.44. The summed E-state index contributed by atoms with van der Waals surface area (Å²) < 4.78 is 58.9. The number of halogens is 3. The van der Waals surface area contributed by atoms with Crippen molar-refractivity contribution >= 4 is 18.0 Å². The van der Waals surface area contributed by atoms with Gasteiger partial charge < -0.3 is 4.55 Å². The summed E-state index contributed by atoms with van der Waals surface area (Å²) in [4.78, 5) is 0. The first-order valence-corrected chi connectivity index (χ1v) is 12.4. The van der Waals surface area contributed by atoms with E-state index in [2.05, 4.69) is 60.7 Å². The largest absolute Gasteiger partial charge is 3.00 e. The molecule has 29 heavy (non-hydrogen) atoms. The average molecular weight is 630 g/mol. The minimum absolute atomic E-state index is 0. The minimum Gasteiger partial charge on any atom is -0.741 e. The van der Waals surface area contributed by atoms with Gasteiger partial charge in [-0.15, -0.1) is 7.92 Å². The van der Waals surface area contributed by atoms with E-state index in [-0.39, 0.29) is 20.1 Å². The van der Waals surface area contributed by atoms with E-state index < -0.39 is 15.6 Å². The molecule has 0 heterocycles. The van der Waals surface area contributed by atoms with Gasteiger partial charge in [-0.2, -0.15) is 49.6 Å². The van der Waals surface area contributed by atoms with Crippen LogP contribution in [0.5, 0.6) is 0 Å². The molecule has 2 rings (SSSR count). The van der Waals surface area contributed by atoms with Crippen LogP contribution in [-0.4, -0.2) is 38.5 Å². The normalized spacial score (nSPS) is 16.6. The molecule has 1 saturated carbocycles. The first-order valence-electron chi connectivity index (χ1n) is 8.27. The van der Waals surface area contributed by atoms with Gasteiger partial charge in [-0.3, -0.25) is 0 Å². The summed E-state index contributed by atoms with van der Waals surface area (Å²) >= 11 is 0. The molecule has 0 unspecified atom stereocenters. The standard InChI is InChI=1S/C10H15.C6H5.C3H9P.CHF3O3S.Ir/c1-6-7(2)9(4)10(5)8(6)3;1-2-4-6-5-3-1;1-4(2)3;2-1(3,4)8(5,6)7;/h1-5H3;1-5H;1-3H3;(H,5,6,7);/q;-1;;;+3/p-1. The van der Waals surface area contributed by atoms with E-state index in [4.69, 9.17) is 13.0 Å². The van der Waals surface area contributed by atoms with Gasteiger partial charge in [0, 0.05) is 0 Å². The maximum atomic E-state index is 10.7. The maximum Gasteiger partial charge on any atom is 3.00 e. The van der Waals surface area contributed by atoms with E-state index in [0.29, 0.717) is 7.92 Å². The van der Waals surface area contributed by atoms with Gasteiger partial charge in [0.05, 0.1) is 0 Å². The minimum atomic E-state index is -6.09. The smallest absolute Gasteiger partial charge is 0.741 e. The van der Waals surface area contributed by atoms with E-state index in [0.717, 1.165) is 0 Å². The molecule has 0 amide bonds. The van der Waals surface area contributed by atoms with Crippen molar-refractivity contribution in [2.24, 2.45) is 0 Å². The Bertz CT molecular complexity index is 539. The summed E-state index contributed by atoms with van der Waals surface area (Å²) in [6, 6.07) is 12.5. The Morgan fingerprint density at radius 1 is 0.793 bits per heavy atom. The maximum absolute atomic E-state index is 10.7. The van der Waals surface area contributed by atoms with Crippen LogP contribution in [0.25, 0.3) is 0 Å². The third-order valence-corrected chi connectivity index (χ3v) is 4.27. The fourth-order valence-electron chi connectivity index (χ4n) is 1.75. The number of alkyl halides is 3. The fraction of sp³-hybridized carbons (Fsp3) is 0.450. The molecule has 0 aromatic heterocycles. The van der Waals surface area contributed by atoms with Crippen molar-refractivity contribution in [2.45, 2.75) is 40.1 Å². The zero-order chi connectivity index (χ0) is 22.7. The summed E-state index contributed by atoms with van der Waals surface area (Å²) in [6.07, 6.45) is 0. The molecule has 0 N–H and O–H groups in total. The second kappa shape index (κ2) is 15.7. The van der Waals surface area contributed by atoms with Gasteiger partial charge >= 0.3 is 25.6 Å². The van der Waals surface area contributed by atoms with Gasteiger partial charge in [-0.1, -0.05) is 34.6 Å². The zero-order valence-corrected chi connectivity index (χ0v) is 22.0. The van der Waals surface area contributed by atoms with Crippen LogP contribution >= 0.6 is 7.92 Å². The molecule has 5 radical (unpaired) electrons. The molecule has 3 nitrogen and oxygen atoms in total.